The maximum atomic E-state index is 13.3. The third-order valence-corrected chi connectivity index (χ3v) is 3.54. The SMILES string of the molecule is CNC(=O)Cn1c(SCC(=O)O)nc2ccc(F)cc21. The molecule has 6 nitrogen and oxygen atoms in total. The minimum absolute atomic E-state index is 0.0432. The Morgan fingerprint density at radius 3 is 2.90 bits per heavy atom. The van der Waals surface area contributed by atoms with Crippen LogP contribution in [0.4, 0.5) is 4.39 Å². The number of nitrogens with one attached hydrogen (secondary N) is 1. The Balaban J connectivity index is 2.45. The smallest absolute Gasteiger partial charge is 0.313 e. The van der Waals surface area contributed by atoms with Crippen molar-refractivity contribution in [2.75, 3.05) is 12.8 Å². The zero-order valence-electron chi connectivity index (χ0n) is 10.6. The van der Waals surface area contributed by atoms with Gasteiger partial charge in [0.25, 0.3) is 0 Å². The highest BCUT2D eigenvalue weighted by Gasteiger charge is 2.15. The van der Waals surface area contributed by atoms with Gasteiger partial charge in [-0.25, -0.2) is 9.37 Å². The molecular weight excluding hydrogens is 285 g/mol. The number of hydrogen-bond donors (Lipinski definition) is 2. The number of nitrogens with zero attached hydrogens (tertiary/aromatic N) is 2. The van der Waals surface area contributed by atoms with Crippen LogP contribution in [-0.2, 0) is 16.1 Å². The minimum Gasteiger partial charge on any atom is -0.481 e. The second-order valence-electron chi connectivity index (χ2n) is 3.97. The van der Waals surface area contributed by atoms with Crippen LogP contribution in [0.25, 0.3) is 11.0 Å². The van der Waals surface area contributed by atoms with Crippen LogP contribution >= 0.6 is 11.8 Å². The maximum Gasteiger partial charge on any atom is 0.313 e. The van der Waals surface area contributed by atoms with Crippen LogP contribution in [-0.4, -0.2) is 39.3 Å². The fourth-order valence-corrected chi connectivity index (χ4v) is 2.42. The predicted octanol–water partition coefficient (Wildman–Crippen LogP) is 1.10. The zero-order chi connectivity index (χ0) is 14.7. The summed E-state index contributed by atoms with van der Waals surface area (Å²) in [6.45, 7) is -0.0432. The number of carbonyl (C=O) groups excluding carboxylic acids is 1. The predicted molar refractivity (Wildman–Crippen MR) is 72.1 cm³/mol. The number of fused-ring (bicyclic) bond motifs is 1. The van der Waals surface area contributed by atoms with Gasteiger partial charge in [0, 0.05) is 7.05 Å². The molecule has 0 aliphatic carbocycles. The molecule has 0 saturated heterocycles. The van der Waals surface area contributed by atoms with Crippen molar-refractivity contribution in [1.29, 1.82) is 0 Å². The van der Waals surface area contributed by atoms with Crippen molar-refractivity contribution < 1.29 is 19.1 Å². The highest BCUT2D eigenvalue weighted by molar-refractivity contribution is 7.99. The molecule has 0 aliphatic rings. The van der Waals surface area contributed by atoms with Gasteiger partial charge in [-0.2, -0.15) is 0 Å². The average molecular weight is 297 g/mol. The molecule has 2 aromatic rings. The molecule has 0 unspecified atom stereocenters. The number of carboxylic acids is 1. The molecule has 1 aromatic heterocycles. The molecule has 1 amide bonds. The number of likely N-dealkylation sites (N-methyl/N-ethyl adjacent to an activating group) is 1. The highest BCUT2D eigenvalue weighted by atomic mass is 32.2. The molecule has 1 aromatic carbocycles. The summed E-state index contributed by atoms with van der Waals surface area (Å²) >= 11 is 0.989. The number of aliphatic carboxylic acids is 1. The molecule has 2 rings (SSSR count). The topological polar surface area (TPSA) is 84.2 Å². The van der Waals surface area contributed by atoms with E-state index in [9.17, 15) is 14.0 Å². The first-order valence-electron chi connectivity index (χ1n) is 5.72. The number of rotatable bonds is 5. The number of imidazole rings is 1. The molecule has 0 fully saturated rings. The van der Waals surface area contributed by atoms with Crippen molar-refractivity contribution in [3.8, 4) is 0 Å². The van der Waals surface area contributed by atoms with Gasteiger partial charge in [-0.05, 0) is 18.2 Å². The van der Waals surface area contributed by atoms with Crippen LogP contribution in [0, 0.1) is 5.82 Å². The van der Waals surface area contributed by atoms with Gasteiger partial charge in [0.2, 0.25) is 5.91 Å². The second kappa shape index (κ2) is 5.91. The van der Waals surface area contributed by atoms with E-state index in [0.29, 0.717) is 16.2 Å². The van der Waals surface area contributed by atoms with Crippen LogP contribution in [0.2, 0.25) is 0 Å². The van der Waals surface area contributed by atoms with Crippen LogP contribution in [0.5, 0.6) is 0 Å². The van der Waals surface area contributed by atoms with Gasteiger partial charge < -0.3 is 15.0 Å². The number of aromatic nitrogens is 2. The Labute approximate surface area is 118 Å². The third kappa shape index (κ3) is 3.08. The van der Waals surface area contributed by atoms with E-state index < -0.39 is 11.8 Å². The number of carbonyl (C=O) groups is 2. The van der Waals surface area contributed by atoms with E-state index in [4.69, 9.17) is 5.11 Å². The Kier molecular flexibility index (Phi) is 4.23. The molecule has 0 spiro atoms. The zero-order valence-corrected chi connectivity index (χ0v) is 11.4. The Hall–Kier alpha value is -2.09. The number of amides is 1. The molecule has 2 N–H and O–H groups in total. The largest absolute Gasteiger partial charge is 0.481 e. The van der Waals surface area contributed by atoms with E-state index in [-0.39, 0.29) is 18.2 Å². The van der Waals surface area contributed by atoms with Crippen molar-refractivity contribution in [3.05, 3.63) is 24.0 Å². The number of hydrogen-bond acceptors (Lipinski definition) is 4. The normalized spacial score (nSPS) is 10.7. The van der Waals surface area contributed by atoms with Gasteiger partial charge in [0.15, 0.2) is 5.16 Å². The van der Waals surface area contributed by atoms with Gasteiger partial charge in [0.1, 0.15) is 12.4 Å². The Morgan fingerprint density at radius 1 is 1.50 bits per heavy atom. The molecule has 0 aliphatic heterocycles. The van der Waals surface area contributed by atoms with Gasteiger partial charge in [-0.3, -0.25) is 9.59 Å². The molecule has 8 heteroatoms. The maximum absolute atomic E-state index is 13.3. The summed E-state index contributed by atoms with van der Waals surface area (Å²) in [6.07, 6.45) is 0. The lowest BCUT2D eigenvalue weighted by molar-refractivity contribution is -0.133. The van der Waals surface area contributed by atoms with Gasteiger partial charge >= 0.3 is 5.97 Å². The summed E-state index contributed by atoms with van der Waals surface area (Å²) in [5, 5.41) is 11.6. The Bertz CT molecular complexity index is 671. The average Bonchev–Trinajstić information content (AvgIpc) is 2.74. The summed E-state index contributed by atoms with van der Waals surface area (Å²) < 4.78 is 14.8. The first-order chi connectivity index (χ1) is 9.51. The molecule has 0 bridgehead atoms. The molecule has 0 atom stereocenters. The number of carboxylic acid groups (broad SMARTS) is 1. The van der Waals surface area contributed by atoms with Crippen molar-refractivity contribution in [2.24, 2.45) is 0 Å². The molecule has 1 heterocycles. The van der Waals surface area contributed by atoms with Crippen molar-refractivity contribution in [3.63, 3.8) is 0 Å². The summed E-state index contributed by atoms with van der Waals surface area (Å²) in [5.74, 6) is -1.88. The van der Waals surface area contributed by atoms with E-state index in [1.807, 2.05) is 0 Å². The fourth-order valence-electron chi connectivity index (χ4n) is 1.69. The van der Waals surface area contributed by atoms with Crippen molar-refractivity contribution in [1.82, 2.24) is 14.9 Å². The number of benzene rings is 1. The monoisotopic (exact) mass is 297 g/mol. The van der Waals surface area contributed by atoms with E-state index in [2.05, 4.69) is 10.3 Å². The number of halogens is 1. The first kappa shape index (κ1) is 14.3. The van der Waals surface area contributed by atoms with Gasteiger partial charge in [-0.15, -0.1) is 0 Å². The Morgan fingerprint density at radius 2 is 2.25 bits per heavy atom. The lowest BCUT2D eigenvalue weighted by atomic mass is 10.3. The summed E-state index contributed by atoms with van der Waals surface area (Å²) in [7, 11) is 1.49. The van der Waals surface area contributed by atoms with E-state index in [1.165, 1.54) is 29.8 Å². The summed E-state index contributed by atoms with van der Waals surface area (Å²) in [6, 6.07) is 4.04. The van der Waals surface area contributed by atoms with E-state index in [0.717, 1.165) is 11.8 Å². The minimum atomic E-state index is -0.986. The summed E-state index contributed by atoms with van der Waals surface area (Å²) in [4.78, 5) is 26.4. The molecular formula is C12H12FN3O3S. The molecule has 106 valence electrons. The summed E-state index contributed by atoms with van der Waals surface area (Å²) in [5.41, 5.74) is 0.977. The fraction of sp³-hybridized carbons (Fsp3) is 0.250. The van der Waals surface area contributed by atoms with Crippen molar-refractivity contribution in [2.45, 2.75) is 11.7 Å². The lowest BCUT2D eigenvalue weighted by Gasteiger charge is -2.07. The molecule has 0 saturated carbocycles. The van der Waals surface area contributed by atoms with E-state index >= 15 is 0 Å². The van der Waals surface area contributed by atoms with Gasteiger partial charge in [-0.1, -0.05) is 11.8 Å². The first-order valence-corrected chi connectivity index (χ1v) is 6.71. The van der Waals surface area contributed by atoms with Gasteiger partial charge in [0.05, 0.1) is 16.8 Å². The molecule has 0 radical (unpaired) electrons. The standard InChI is InChI=1S/C12H12FN3O3S/c1-14-10(17)5-16-9-4-7(13)2-3-8(9)15-12(16)20-6-11(18)19/h2-4H,5-6H2,1H3,(H,14,17)(H,18,19). The van der Waals surface area contributed by atoms with Crippen LogP contribution in [0.1, 0.15) is 0 Å². The lowest BCUT2D eigenvalue weighted by Crippen LogP contribution is -2.23. The van der Waals surface area contributed by atoms with Crippen LogP contribution < -0.4 is 5.32 Å². The molecule has 20 heavy (non-hydrogen) atoms. The quantitative estimate of drug-likeness (QED) is 0.807. The third-order valence-electron chi connectivity index (χ3n) is 2.58. The van der Waals surface area contributed by atoms with Crippen molar-refractivity contribution >= 4 is 34.7 Å². The number of thioether (sulfide) groups is 1. The second-order valence-corrected chi connectivity index (χ2v) is 4.91. The highest BCUT2D eigenvalue weighted by Crippen LogP contribution is 2.24. The van der Waals surface area contributed by atoms with Crippen LogP contribution in [0.3, 0.4) is 0 Å². The van der Waals surface area contributed by atoms with Crippen LogP contribution in [0.15, 0.2) is 23.4 Å². The van der Waals surface area contributed by atoms with E-state index in [1.54, 1.807) is 0 Å².